The van der Waals surface area contributed by atoms with E-state index in [-0.39, 0.29) is 6.04 Å². The summed E-state index contributed by atoms with van der Waals surface area (Å²) >= 11 is 0. The van der Waals surface area contributed by atoms with E-state index in [1.54, 1.807) is 0 Å². The van der Waals surface area contributed by atoms with Gasteiger partial charge in [-0.05, 0) is 19.8 Å². The Labute approximate surface area is 67.8 Å². The van der Waals surface area contributed by atoms with E-state index in [1.807, 2.05) is 6.92 Å². The molecule has 1 heterocycles. The van der Waals surface area contributed by atoms with Crippen LogP contribution in [-0.2, 0) is 0 Å². The molecule has 0 spiro atoms. The second-order valence-electron chi connectivity index (χ2n) is 3.18. The number of rotatable bonds is 1. The molecule has 0 amide bonds. The number of nitrogens with zero attached hydrogens (tertiary/aromatic N) is 2. The molecular weight excluding hydrogens is 138 g/mol. The van der Waals surface area contributed by atoms with Crippen LogP contribution in [0.25, 0.3) is 0 Å². The third-order valence-electron chi connectivity index (χ3n) is 2.31. The number of nitrogens with two attached hydrogens (primary N) is 1. The van der Waals surface area contributed by atoms with E-state index < -0.39 is 0 Å². The molecule has 1 rings (SSSR count). The van der Waals surface area contributed by atoms with Gasteiger partial charge >= 0.3 is 0 Å². The maximum Gasteiger partial charge on any atom is 0.0949 e. The molecule has 1 unspecified atom stereocenters. The predicted octanol–water partition coefficient (Wildman–Crippen LogP) is 0.322. The summed E-state index contributed by atoms with van der Waals surface area (Å²) in [4.78, 5) is 2.18. The summed E-state index contributed by atoms with van der Waals surface area (Å²) in [7, 11) is 0. The van der Waals surface area contributed by atoms with Crippen LogP contribution in [0.2, 0.25) is 0 Å². The molecule has 0 aromatic rings. The van der Waals surface area contributed by atoms with Gasteiger partial charge in [0.25, 0.3) is 0 Å². The highest BCUT2D eigenvalue weighted by molar-refractivity contribution is 4.90. The average Bonchev–Trinajstić information content (AvgIpc) is 2.05. The van der Waals surface area contributed by atoms with Crippen molar-refractivity contribution in [2.75, 3.05) is 13.1 Å². The molecule has 62 valence electrons. The van der Waals surface area contributed by atoms with Gasteiger partial charge in [0, 0.05) is 19.1 Å². The number of hydrogen-bond acceptors (Lipinski definition) is 3. The second kappa shape index (κ2) is 3.70. The highest BCUT2D eigenvalue weighted by atomic mass is 15.2. The summed E-state index contributed by atoms with van der Waals surface area (Å²) in [6.45, 7) is 3.91. The van der Waals surface area contributed by atoms with Crippen molar-refractivity contribution in [1.29, 1.82) is 5.26 Å². The third-order valence-corrected chi connectivity index (χ3v) is 2.31. The van der Waals surface area contributed by atoms with Crippen molar-refractivity contribution in [2.24, 2.45) is 5.73 Å². The van der Waals surface area contributed by atoms with Crippen LogP contribution in [0.15, 0.2) is 0 Å². The number of nitriles is 1. The fourth-order valence-corrected chi connectivity index (χ4v) is 1.39. The molecule has 3 nitrogen and oxygen atoms in total. The Morgan fingerprint density at radius 1 is 1.55 bits per heavy atom. The lowest BCUT2D eigenvalue weighted by molar-refractivity contribution is 0.191. The van der Waals surface area contributed by atoms with Gasteiger partial charge in [-0.1, -0.05) is 0 Å². The summed E-state index contributed by atoms with van der Waals surface area (Å²) in [5.41, 5.74) is 5.73. The maximum absolute atomic E-state index is 8.63. The summed E-state index contributed by atoms with van der Waals surface area (Å²) < 4.78 is 0. The first-order valence-electron chi connectivity index (χ1n) is 4.13. The van der Waals surface area contributed by atoms with Gasteiger partial charge in [0.2, 0.25) is 0 Å². The molecule has 1 atom stereocenters. The minimum Gasteiger partial charge on any atom is -0.328 e. The first kappa shape index (κ1) is 8.51. The van der Waals surface area contributed by atoms with Crippen LogP contribution in [0, 0.1) is 11.3 Å². The smallest absolute Gasteiger partial charge is 0.0949 e. The normalized spacial score (nSPS) is 24.5. The van der Waals surface area contributed by atoms with Gasteiger partial charge in [0.15, 0.2) is 0 Å². The Morgan fingerprint density at radius 2 is 2.09 bits per heavy atom. The Hall–Kier alpha value is -0.590. The summed E-state index contributed by atoms with van der Waals surface area (Å²) in [5.74, 6) is 0. The van der Waals surface area contributed by atoms with Crippen LogP contribution in [0.1, 0.15) is 19.8 Å². The van der Waals surface area contributed by atoms with Gasteiger partial charge in [-0.3, -0.25) is 4.90 Å². The van der Waals surface area contributed by atoms with Gasteiger partial charge in [0.1, 0.15) is 0 Å². The van der Waals surface area contributed by atoms with Crippen LogP contribution >= 0.6 is 0 Å². The largest absolute Gasteiger partial charge is 0.328 e. The summed E-state index contributed by atoms with van der Waals surface area (Å²) in [5, 5.41) is 8.63. The number of piperidine rings is 1. The molecule has 2 N–H and O–H groups in total. The highest BCUT2D eigenvalue weighted by Gasteiger charge is 2.19. The monoisotopic (exact) mass is 153 g/mol. The molecule has 0 radical (unpaired) electrons. The first-order valence-corrected chi connectivity index (χ1v) is 4.13. The van der Waals surface area contributed by atoms with Gasteiger partial charge in [-0.2, -0.15) is 5.26 Å². The molecule has 0 bridgehead atoms. The second-order valence-corrected chi connectivity index (χ2v) is 3.18. The first-order chi connectivity index (χ1) is 5.24. The predicted molar refractivity (Wildman–Crippen MR) is 43.9 cm³/mol. The molecule has 1 aliphatic heterocycles. The van der Waals surface area contributed by atoms with Crippen LogP contribution < -0.4 is 5.73 Å². The van der Waals surface area contributed by atoms with Crippen molar-refractivity contribution in [3.05, 3.63) is 0 Å². The van der Waals surface area contributed by atoms with E-state index in [1.165, 1.54) is 0 Å². The lowest BCUT2D eigenvalue weighted by Gasteiger charge is -2.31. The third kappa shape index (κ3) is 2.18. The maximum atomic E-state index is 8.63. The van der Waals surface area contributed by atoms with Crippen LogP contribution in [0.3, 0.4) is 0 Å². The fourth-order valence-electron chi connectivity index (χ4n) is 1.39. The Balaban J connectivity index is 2.34. The van der Waals surface area contributed by atoms with Gasteiger partial charge in [-0.15, -0.1) is 0 Å². The quantitative estimate of drug-likeness (QED) is 0.590. The Bertz CT molecular complexity index is 153. The lowest BCUT2D eigenvalue weighted by atomic mass is 10.1. The standard InChI is InChI=1S/C8H15N3/c1-7(6-9)11-4-2-8(10)3-5-11/h7-8H,2-5,10H2,1H3. The average molecular weight is 153 g/mol. The van der Waals surface area contributed by atoms with E-state index in [9.17, 15) is 0 Å². The van der Waals surface area contributed by atoms with E-state index >= 15 is 0 Å². The molecule has 11 heavy (non-hydrogen) atoms. The molecule has 1 saturated heterocycles. The summed E-state index contributed by atoms with van der Waals surface area (Å²) in [6.07, 6.45) is 2.07. The SMILES string of the molecule is CC(C#N)N1CCC(N)CC1. The van der Waals surface area contributed by atoms with Crippen molar-refractivity contribution < 1.29 is 0 Å². The summed E-state index contributed by atoms with van der Waals surface area (Å²) in [6, 6.07) is 2.65. The number of likely N-dealkylation sites (tertiary alicyclic amines) is 1. The molecule has 0 saturated carbocycles. The Kier molecular flexibility index (Phi) is 2.86. The van der Waals surface area contributed by atoms with Crippen LogP contribution in [0.4, 0.5) is 0 Å². The van der Waals surface area contributed by atoms with Gasteiger partial charge < -0.3 is 5.73 Å². The van der Waals surface area contributed by atoms with Crippen molar-refractivity contribution in [3.63, 3.8) is 0 Å². The van der Waals surface area contributed by atoms with Crippen molar-refractivity contribution in [1.82, 2.24) is 4.90 Å². The van der Waals surface area contributed by atoms with Gasteiger partial charge in [-0.25, -0.2) is 0 Å². The zero-order chi connectivity index (χ0) is 8.27. The van der Waals surface area contributed by atoms with Crippen LogP contribution in [0.5, 0.6) is 0 Å². The fraction of sp³-hybridized carbons (Fsp3) is 0.875. The van der Waals surface area contributed by atoms with E-state index in [4.69, 9.17) is 11.0 Å². The topological polar surface area (TPSA) is 53.0 Å². The number of hydrogen-bond donors (Lipinski definition) is 1. The van der Waals surface area contributed by atoms with E-state index in [0.717, 1.165) is 25.9 Å². The molecule has 1 fully saturated rings. The zero-order valence-corrected chi connectivity index (χ0v) is 6.95. The lowest BCUT2D eigenvalue weighted by Crippen LogP contribution is -2.43. The molecule has 0 aromatic heterocycles. The van der Waals surface area contributed by atoms with Crippen molar-refractivity contribution in [2.45, 2.75) is 31.8 Å². The zero-order valence-electron chi connectivity index (χ0n) is 6.95. The van der Waals surface area contributed by atoms with E-state index in [2.05, 4.69) is 11.0 Å². The van der Waals surface area contributed by atoms with Crippen molar-refractivity contribution in [3.8, 4) is 6.07 Å². The van der Waals surface area contributed by atoms with Crippen molar-refractivity contribution >= 4 is 0 Å². The van der Waals surface area contributed by atoms with E-state index in [0.29, 0.717) is 6.04 Å². The molecule has 1 aliphatic rings. The minimum atomic E-state index is 0.0579. The minimum absolute atomic E-state index is 0.0579. The molecule has 0 aliphatic carbocycles. The molecule has 0 aromatic carbocycles. The molecular formula is C8H15N3. The van der Waals surface area contributed by atoms with Gasteiger partial charge in [0.05, 0.1) is 12.1 Å². The Morgan fingerprint density at radius 3 is 2.55 bits per heavy atom. The molecule has 3 heteroatoms. The highest BCUT2D eigenvalue weighted by Crippen LogP contribution is 2.10. The van der Waals surface area contributed by atoms with Crippen LogP contribution in [-0.4, -0.2) is 30.1 Å².